The summed E-state index contributed by atoms with van der Waals surface area (Å²) in [4.78, 5) is 8.31. The van der Waals surface area contributed by atoms with Gasteiger partial charge in [0.05, 0.1) is 10.7 Å². The number of nitrogens with one attached hydrogen (secondary N) is 1. The van der Waals surface area contributed by atoms with Crippen LogP contribution in [0.25, 0.3) is 11.3 Å². The summed E-state index contributed by atoms with van der Waals surface area (Å²) in [5, 5.41) is 8.48. The summed E-state index contributed by atoms with van der Waals surface area (Å²) in [7, 11) is 0. The maximum atomic E-state index is 14.2. The van der Waals surface area contributed by atoms with Gasteiger partial charge < -0.3 is 15.8 Å². The molecule has 1 saturated heterocycles. The van der Waals surface area contributed by atoms with Crippen molar-refractivity contribution in [2.24, 2.45) is 0 Å². The van der Waals surface area contributed by atoms with Gasteiger partial charge in [0.1, 0.15) is 17.6 Å². The van der Waals surface area contributed by atoms with Crippen LogP contribution in [0.1, 0.15) is 37.3 Å². The van der Waals surface area contributed by atoms with E-state index in [1.165, 1.54) is 18.0 Å². The molecule has 0 saturated carbocycles. The van der Waals surface area contributed by atoms with Gasteiger partial charge in [0, 0.05) is 42.2 Å². The Hall–Kier alpha value is -2.71. The summed E-state index contributed by atoms with van der Waals surface area (Å²) >= 11 is 5.79. The van der Waals surface area contributed by atoms with Crippen molar-refractivity contribution in [3.05, 3.63) is 52.8 Å². The Morgan fingerprint density at radius 3 is 2.90 bits per heavy atom. The molecule has 156 valence electrons. The van der Waals surface area contributed by atoms with Crippen LogP contribution in [-0.4, -0.2) is 32.8 Å². The third kappa shape index (κ3) is 3.20. The first-order valence-corrected chi connectivity index (χ1v) is 10.4. The van der Waals surface area contributed by atoms with Crippen LogP contribution in [-0.2, 0) is 12.0 Å². The Morgan fingerprint density at radius 1 is 1.27 bits per heavy atom. The molecule has 0 bridgehead atoms. The van der Waals surface area contributed by atoms with E-state index in [4.69, 9.17) is 27.2 Å². The predicted molar refractivity (Wildman–Crippen MR) is 112 cm³/mol. The van der Waals surface area contributed by atoms with Gasteiger partial charge >= 0.3 is 0 Å². The lowest BCUT2D eigenvalue weighted by molar-refractivity contribution is 0.216. The highest BCUT2D eigenvalue weighted by Gasteiger charge is 2.42. The van der Waals surface area contributed by atoms with Crippen LogP contribution in [0.2, 0.25) is 5.02 Å². The number of hydrogen-bond donors (Lipinski definition) is 2. The molecule has 30 heavy (non-hydrogen) atoms. The first-order chi connectivity index (χ1) is 14.4. The summed E-state index contributed by atoms with van der Waals surface area (Å²) in [6, 6.07) is 5.15. The second-order valence-corrected chi connectivity index (χ2v) is 8.42. The Bertz CT molecular complexity index is 1110. The number of hydrogen-bond acceptors (Lipinski definition) is 6. The van der Waals surface area contributed by atoms with Crippen molar-refractivity contribution < 1.29 is 9.13 Å². The topological polar surface area (TPSA) is 90.9 Å². The lowest BCUT2D eigenvalue weighted by Gasteiger charge is -2.20. The smallest absolute Gasteiger partial charge is 0.166 e. The summed E-state index contributed by atoms with van der Waals surface area (Å²) < 4.78 is 22.2. The maximum Gasteiger partial charge on any atom is 0.166 e. The second-order valence-electron chi connectivity index (χ2n) is 7.98. The van der Waals surface area contributed by atoms with E-state index in [0.29, 0.717) is 5.75 Å². The predicted octanol–water partition coefficient (Wildman–Crippen LogP) is 3.49. The van der Waals surface area contributed by atoms with Crippen molar-refractivity contribution in [1.29, 1.82) is 0 Å². The maximum absolute atomic E-state index is 14.2. The average Bonchev–Trinajstić information content (AvgIpc) is 3.42. The number of fused-ring (bicyclic) bond motifs is 2. The van der Waals surface area contributed by atoms with Crippen molar-refractivity contribution in [2.75, 3.05) is 18.8 Å². The number of pyridine rings is 2. The fourth-order valence-corrected chi connectivity index (χ4v) is 4.58. The number of aromatic nitrogens is 4. The third-order valence-corrected chi connectivity index (χ3v) is 6.28. The summed E-state index contributed by atoms with van der Waals surface area (Å²) in [5.41, 5.74) is 9.25. The van der Waals surface area contributed by atoms with Gasteiger partial charge in [-0.25, -0.2) is 9.37 Å². The molecule has 0 aliphatic carbocycles. The first-order valence-electron chi connectivity index (χ1n) is 9.98. The van der Waals surface area contributed by atoms with Crippen LogP contribution < -0.4 is 15.8 Å². The zero-order valence-electron chi connectivity index (χ0n) is 16.5. The number of anilines is 1. The van der Waals surface area contributed by atoms with E-state index in [1.807, 2.05) is 0 Å². The molecule has 5 heterocycles. The SMILES string of the molecule is CC(Oc1cc(-c2cc3n(n2)CCC32CCNC2)cnc1N)c1ncc(Cl)cc1F. The largest absolute Gasteiger partial charge is 0.480 e. The van der Waals surface area contributed by atoms with Crippen molar-refractivity contribution in [2.45, 2.75) is 37.8 Å². The molecule has 1 fully saturated rings. The van der Waals surface area contributed by atoms with Gasteiger partial charge in [0.25, 0.3) is 0 Å². The quantitative estimate of drug-likeness (QED) is 0.661. The summed E-state index contributed by atoms with van der Waals surface area (Å²) in [5.74, 6) is 0.0587. The lowest BCUT2D eigenvalue weighted by atomic mass is 9.82. The fraction of sp³-hybridized carbons (Fsp3) is 0.381. The molecule has 3 N–H and O–H groups in total. The molecule has 2 unspecified atom stereocenters. The van der Waals surface area contributed by atoms with Crippen LogP contribution >= 0.6 is 11.6 Å². The summed E-state index contributed by atoms with van der Waals surface area (Å²) in [6.07, 6.45) is 4.66. The molecule has 0 radical (unpaired) electrons. The van der Waals surface area contributed by atoms with Gasteiger partial charge in [0.2, 0.25) is 0 Å². The van der Waals surface area contributed by atoms with Gasteiger partial charge in [-0.05, 0) is 44.5 Å². The molecular formula is C21H22ClFN6O. The van der Waals surface area contributed by atoms with Crippen molar-refractivity contribution in [3.8, 4) is 17.0 Å². The molecule has 2 aliphatic heterocycles. The normalized spacial score (nSPS) is 21.2. The van der Waals surface area contributed by atoms with Gasteiger partial charge in [-0.3, -0.25) is 9.67 Å². The van der Waals surface area contributed by atoms with E-state index in [0.717, 1.165) is 43.7 Å². The first kappa shape index (κ1) is 19.3. The minimum Gasteiger partial charge on any atom is -0.480 e. The Morgan fingerprint density at radius 2 is 2.13 bits per heavy atom. The van der Waals surface area contributed by atoms with Crippen LogP contribution in [0.5, 0.6) is 5.75 Å². The van der Waals surface area contributed by atoms with Gasteiger partial charge in [-0.1, -0.05) is 11.6 Å². The van der Waals surface area contributed by atoms with Crippen LogP contribution in [0, 0.1) is 5.82 Å². The van der Waals surface area contributed by atoms with E-state index < -0.39 is 11.9 Å². The minimum atomic E-state index is -0.665. The fourth-order valence-electron chi connectivity index (χ4n) is 4.44. The molecule has 3 aromatic rings. The van der Waals surface area contributed by atoms with Crippen molar-refractivity contribution in [1.82, 2.24) is 25.1 Å². The van der Waals surface area contributed by atoms with E-state index in [2.05, 4.69) is 26.0 Å². The molecule has 0 aromatic carbocycles. The van der Waals surface area contributed by atoms with E-state index in [1.54, 1.807) is 19.2 Å². The van der Waals surface area contributed by atoms with Crippen LogP contribution in [0.15, 0.2) is 30.6 Å². The van der Waals surface area contributed by atoms with E-state index in [9.17, 15) is 4.39 Å². The van der Waals surface area contributed by atoms with Gasteiger partial charge in [0.15, 0.2) is 11.6 Å². The molecule has 2 atom stereocenters. The number of nitrogens with two attached hydrogens (primary N) is 1. The molecule has 5 rings (SSSR count). The third-order valence-electron chi connectivity index (χ3n) is 6.07. The van der Waals surface area contributed by atoms with E-state index >= 15 is 0 Å². The number of rotatable bonds is 4. The Balaban J connectivity index is 1.43. The van der Waals surface area contributed by atoms with Gasteiger partial charge in [-0.2, -0.15) is 5.10 Å². The zero-order chi connectivity index (χ0) is 20.9. The lowest BCUT2D eigenvalue weighted by Crippen LogP contribution is -2.25. The molecule has 0 amide bonds. The van der Waals surface area contributed by atoms with E-state index in [-0.39, 0.29) is 21.9 Å². The molecule has 2 aliphatic rings. The Kier molecular flexibility index (Phi) is 4.63. The van der Waals surface area contributed by atoms with Crippen LogP contribution in [0.3, 0.4) is 0 Å². The van der Waals surface area contributed by atoms with Crippen molar-refractivity contribution in [3.63, 3.8) is 0 Å². The highest BCUT2D eigenvalue weighted by molar-refractivity contribution is 6.30. The number of nitrogens with zero attached hydrogens (tertiary/aromatic N) is 4. The number of halogens is 2. The molecule has 1 spiro atoms. The number of nitrogen functional groups attached to an aromatic ring is 1. The zero-order valence-corrected chi connectivity index (χ0v) is 17.3. The second kappa shape index (κ2) is 7.21. The Labute approximate surface area is 178 Å². The van der Waals surface area contributed by atoms with Crippen LogP contribution in [0.4, 0.5) is 10.2 Å². The standard InChI is InChI=1S/C21H22ClFN6O/c1-12(19-15(23)7-14(22)10-26-19)30-17-6-13(9-27-20(17)24)16-8-18-21(2-4-25-11-21)3-5-29(18)28-16/h6-10,12,25H,2-5,11H2,1H3,(H2,24,27). The molecule has 7 nitrogen and oxygen atoms in total. The highest BCUT2D eigenvalue weighted by Crippen LogP contribution is 2.41. The monoisotopic (exact) mass is 428 g/mol. The average molecular weight is 429 g/mol. The van der Waals surface area contributed by atoms with Crippen molar-refractivity contribution >= 4 is 17.4 Å². The minimum absolute atomic E-state index is 0.154. The number of ether oxygens (including phenoxy) is 1. The van der Waals surface area contributed by atoms with Gasteiger partial charge in [-0.15, -0.1) is 0 Å². The molecule has 9 heteroatoms. The summed E-state index contributed by atoms with van der Waals surface area (Å²) in [6.45, 7) is 4.65. The molecule has 3 aromatic heterocycles. The highest BCUT2D eigenvalue weighted by atomic mass is 35.5. The molecular weight excluding hydrogens is 407 g/mol. The number of aryl methyl sites for hydroxylation is 1.